The highest BCUT2D eigenvalue weighted by Crippen LogP contribution is 2.25. The molecule has 6 nitrogen and oxygen atoms in total. The van der Waals surface area contributed by atoms with Crippen molar-refractivity contribution in [1.29, 1.82) is 0 Å². The first-order valence-corrected chi connectivity index (χ1v) is 13.3. The van der Waals surface area contributed by atoms with Crippen molar-refractivity contribution < 1.29 is 8.42 Å². The molecule has 0 unspecified atom stereocenters. The zero-order chi connectivity index (χ0) is 22.9. The fourth-order valence-electron chi connectivity index (χ4n) is 4.21. The quantitative estimate of drug-likeness (QED) is 0.474. The molecule has 0 spiro atoms. The highest BCUT2D eigenvalue weighted by molar-refractivity contribution is 7.91. The van der Waals surface area contributed by atoms with E-state index in [2.05, 4.69) is 74.2 Å². The largest absolute Gasteiger partial charge is 0.280 e. The molecular weight excluding hydrogens is 440 g/mol. The molecule has 2 aromatic carbocycles. The van der Waals surface area contributed by atoms with Gasteiger partial charge in [0.15, 0.2) is 15.7 Å². The van der Waals surface area contributed by atoms with Gasteiger partial charge in [0.1, 0.15) is 0 Å². The maximum atomic E-state index is 12.1. The third kappa shape index (κ3) is 4.87. The lowest BCUT2D eigenvalue weighted by atomic mass is 10.1. The van der Waals surface area contributed by atoms with Gasteiger partial charge in [-0.05, 0) is 57.6 Å². The third-order valence-electron chi connectivity index (χ3n) is 5.99. The highest BCUT2D eigenvalue weighted by atomic mass is 32.2. The Kier molecular flexibility index (Phi) is 6.65. The SMILES string of the molecule is CCCN(Cn1nc(-c2ccc(C)cc2)n(-c2ccc(C)cc2)c1=S)[C@H]1CCS(=O)(=O)C1. The van der Waals surface area contributed by atoms with Gasteiger partial charge in [-0.1, -0.05) is 54.4 Å². The molecule has 170 valence electrons. The number of aryl methyl sites for hydroxylation is 2. The van der Waals surface area contributed by atoms with Crippen LogP contribution in [0.2, 0.25) is 0 Å². The molecule has 32 heavy (non-hydrogen) atoms. The lowest BCUT2D eigenvalue weighted by Crippen LogP contribution is -2.38. The maximum absolute atomic E-state index is 12.1. The van der Waals surface area contributed by atoms with E-state index >= 15 is 0 Å². The predicted molar refractivity (Wildman–Crippen MR) is 131 cm³/mol. The number of sulfone groups is 1. The van der Waals surface area contributed by atoms with Crippen LogP contribution in [0.15, 0.2) is 48.5 Å². The molecule has 3 aromatic rings. The summed E-state index contributed by atoms with van der Waals surface area (Å²) in [6.45, 7) is 7.51. The number of nitrogens with zero attached hydrogens (tertiary/aromatic N) is 4. The summed E-state index contributed by atoms with van der Waals surface area (Å²) < 4.78 is 28.6. The van der Waals surface area contributed by atoms with Crippen molar-refractivity contribution >= 4 is 22.1 Å². The molecule has 1 fully saturated rings. The summed E-state index contributed by atoms with van der Waals surface area (Å²) in [5.41, 5.74) is 4.32. The van der Waals surface area contributed by atoms with Crippen molar-refractivity contribution in [3.8, 4) is 17.1 Å². The van der Waals surface area contributed by atoms with Gasteiger partial charge >= 0.3 is 0 Å². The Labute approximate surface area is 195 Å². The van der Waals surface area contributed by atoms with E-state index in [-0.39, 0.29) is 17.5 Å². The minimum atomic E-state index is -2.96. The number of hydrogen-bond donors (Lipinski definition) is 0. The average Bonchev–Trinajstić information content (AvgIpc) is 3.28. The van der Waals surface area contributed by atoms with Crippen LogP contribution in [0.3, 0.4) is 0 Å². The number of aromatic nitrogens is 3. The van der Waals surface area contributed by atoms with E-state index in [1.54, 1.807) is 0 Å². The van der Waals surface area contributed by atoms with Gasteiger partial charge in [-0.2, -0.15) is 0 Å². The Morgan fingerprint density at radius 2 is 1.69 bits per heavy atom. The summed E-state index contributed by atoms with van der Waals surface area (Å²) in [6.07, 6.45) is 1.60. The zero-order valence-corrected chi connectivity index (χ0v) is 20.5. The van der Waals surface area contributed by atoms with Crippen LogP contribution in [0.25, 0.3) is 17.1 Å². The van der Waals surface area contributed by atoms with Gasteiger partial charge in [-0.3, -0.25) is 9.47 Å². The molecule has 2 heterocycles. The second-order valence-corrected chi connectivity index (χ2v) is 11.2. The van der Waals surface area contributed by atoms with Crippen LogP contribution < -0.4 is 0 Å². The summed E-state index contributed by atoms with van der Waals surface area (Å²) in [5.74, 6) is 1.26. The predicted octanol–water partition coefficient (Wildman–Crippen LogP) is 4.54. The molecule has 0 saturated carbocycles. The van der Waals surface area contributed by atoms with Gasteiger partial charge in [0.25, 0.3) is 0 Å². The van der Waals surface area contributed by atoms with Crippen molar-refractivity contribution in [2.24, 2.45) is 0 Å². The van der Waals surface area contributed by atoms with Crippen molar-refractivity contribution in [3.05, 3.63) is 64.4 Å². The second-order valence-electron chi connectivity index (χ2n) is 8.65. The van der Waals surface area contributed by atoms with Crippen LogP contribution in [-0.2, 0) is 16.5 Å². The minimum absolute atomic E-state index is 0.00852. The molecule has 8 heteroatoms. The first kappa shape index (κ1) is 22.9. The molecule has 0 N–H and O–H groups in total. The fourth-order valence-corrected chi connectivity index (χ4v) is 6.26. The van der Waals surface area contributed by atoms with Gasteiger partial charge in [0.2, 0.25) is 4.77 Å². The van der Waals surface area contributed by atoms with E-state index in [0.717, 1.165) is 30.0 Å². The van der Waals surface area contributed by atoms with E-state index in [4.69, 9.17) is 17.3 Å². The van der Waals surface area contributed by atoms with Crippen molar-refractivity contribution in [3.63, 3.8) is 0 Å². The van der Waals surface area contributed by atoms with Crippen molar-refractivity contribution in [2.75, 3.05) is 18.1 Å². The molecule has 4 rings (SSSR count). The summed E-state index contributed by atoms with van der Waals surface area (Å²) in [6, 6.07) is 16.5. The van der Waals surface area contributed by atoms with E-state index in [9.17, 15) is 8.42 Å². The molecule has 0 bridgehead atoms. The van der Waals surface area contributed by atoms with Gasteiger partial charge in [-0.15, -0.1) is 5.10 Å². The van der Waals surface area contributed by atoms with Crippen LogP contribution in [-0.4, -0.2) is 51.8 Å². The summed E-state index contributed by atoms with van der Waals surface area (Å²) in [4.78, 5) is 2.21. The Bertz CT molecular complexity index is 1240. The second kappa shape index (κ2) is 9.29. The van der Waals surface area contributed by atoms with Crippen LogP contribution in [0.4, 0.5) is 0 Å². The summed E-state index contributed by atoms with van der Waals surface area (Å²) in [7, 11) is -2.96. The van der Waals surface area contributed by atoms with E-state index in [1.807, 2.05) is 9.25 Å². The molecule has 1 atom stereocenters. The van der Waals surface area contributed by atoms with Crippen LogP contribution in [0.1, 0.15) is 30.9 Å². The molecule has 0 aliphatic carbocycles. The van der Waals surface area contributed by atoms with E-state index in [1.165, 1.54) is 11.1 Å². The summed E-state index contributed by atoms with van der Waals surface area (Å²) in [5, 5.41) is 4.92. The van der Waals surface area contributed by atoms with Crippen molar-refractivity contribution in [1.82, 2.24) is 19.2 Å². The molecule has 1 aliphatic rings. The highest BCUT2D eigenvalue weighted by Gasteiger charge is 2.32. The van der Waals surface area contributed by atoms with Gasteiger partial charge in [0, 0.05) is 17.3 Å². The smallest absolute Gasteiger partial charge is 0.204 e. The Balaban J connectivity index is 1.77. The Hall–Kier alpha value is -2.29. The third-order valence-corrected chi connectivity index (χ3v) is 8.14. The van der Waals surface area contributed by atoms with Gasteiger partial charge in [0.05, 0.1) is 18.2 Å². The Morgan fingerprint density at radius 1 is 1.06 bits per heavy atom. The molecule has 1 aromatic heterocycles. The van der Waals surface area contributed by atoms with Crippen LogP contribution in [0.5, 0.6) is 0 Å². The topological polar surface area (TPSA) is 60.1 Å². The maximum Gasteiger partial charge on any atom is 0.204 e. The van der Waals surface area contributed by atoms with Gasteiger partial charge in [-0.25, -0.2) is 13.1 Å². The fraction of sp³-hybridized carbons (Fsp3) is 0.417. The number of rotatable bonds is 7. The molecule has 0 radical (unpaired) electrons. The molecule has 0 amide bonds. The monoisotopic (exact) mass is 470 g/mol. The van der Waals surface area contributed by atoms with Crippen LogP contribution in [0, 0.1) is 18.6 Å². The summed E-state index contributed by atoms with van der Waals surface area (Å²) >= 11 is 5.89. The Morgan fingerprint density at radius 3 is 2.25 bits per heavy atom. The lowest BCUT2D eigenvalue weighted by molar-refractivity contribution is 0.155. The van der Waals surface area contributed by atoms with E-state index in [0.29, 0.717) is 17.9 Å². The van der Waals surface area contributed by atoms with Gasteiger partial charge < -0.3 is 0 Å². The first-order valence-electron chi connectivity index (χ1n) is 11.1. The molecular formula is C24H30N4O2S2. The minimum Gasteiger partial charge on any atom is -0.280 e. The van der Waals surface area contributed by atoms with E-state index < -0.39 is 9.84 Å². The lowest BCUT2D eigenvalue weighted by Gasteiger charge is -2.27. The first-order chi connectivity index (χ1) is 15.3. The number of benzene rings is 2. The van der Waals surface area contributed by atoms with Crippen LogP contribution >= 0.6 is 12.2 Å². The zero-order valence-electron chi connectivity index (χ0n) is 18.9. The number of hydrogen-bond acceptors (Lipinski definition) is 5. The molecule has 1 aliphatic heterocycles. The normalized spacial score (nSPS) is 17.8. The van der Waals surface area contributed by atoms with Crippen molar-refractivity contribution in [2.45, 2.75) is 46.3 Å². The average molecular weight is 471 g/mol. The molecule has 1 saturated heterocycles. The standard InChI is InChI=1S/C24H30N4O2S2/c1-4-14-26(22-13-15-32(29,30)16-22)17-27-24(31)28(21-11-7-19(3)8-12-21)23(25-27)20-9-5-18(2)6-10-20/h5-12,22H,4,13-17H2,1-3H3/t22-/m0/s1.